The van der Waals surface area contributed by atoms with Crippen molar-refractivity contribution in [2.75, 3.05) is 0 Å². The van der Waals surface area contributed by atoms with Gasteiger partial charge in [-0.15, -0.1) is 0 Å². The second-order valence-corrected chi connectivity index (χ2v) is 7.17. The molecule has 1 unspecified atom stereocenters. The Labute approximate surface area is 126 Å². The van der Waals surface area contributed by atoms with Crippen molar-refractivity contribution in [1.82, 2.24) is 0 Å². The Kier molecular flexibility index (Phi) is 2.65. The molecule has 5 rings (SSSR count). The first kappa shape index (κ1) is 13.9. The van der Waals surface area contributed by atoms with E-state index < -0.39 is 33.1 Å². The minimum atomic E-state index is -5.19. The van der Waals surface area contributed by atoms with Gasteiger partial charge in [-0.1, -0.05) is 48.5 Å². The van der Waals surface area contributed by atoms with Crippen LogP contribution in [-0.2, 0) is 10.8 Å². The summed E-state index contributed by atoms with van der Waals surface area (Å²) < 4.78 is 68.0. The van der Waals surface area contributed by atoms with E-state index in [-0.39, 0.29) is 11.1 Å². The third kappa shape index (κ3) is 1.46. The van der Waals surface area contributed by atoms with Crippen LogP contribution in [0.25, 0.3) is 0 Å². The molecule has 2 bridgehead atoms. The lowest BCUT2D eigenvalue weighted by atomic mass is 9.74. The molecule has 1 nitrogen and oxygen atoms in total. The topological polar surface area (TPSA) is 17.1 Å². The number of hydrogen-bond donors (Lipinski definition) is 0. The van der Waals surface area contributed by atoms with Gasteiger partial charge in [-0.3, -0.25) is 4.21 Å². The second-order valence-electron chi connectivity index (χ2n) is 5.51. The van der Waals surface area contributed by atoms with Crippen LogP contribution in [0.4, 0.5) is 17.6 Å². The van der Waals surface area contributed by atoms with E-state index in [0.717, 1.165) is 0 Å². The van der Waals surface area contributed by atoms with Crippen LogP contribution in [0, 0.1) is 0 Å². The predicted molar refractivity (Wildman–Crippen MR) is 74.6 cm³/mol. The molecule has 2 heterocycles. The molecule has 0 saturated heterocycles. The second kappa shape index (κ2) is 4.19. The summed E-state index contributed by atoms with van der Waals surface area (Å²) in [6.07, 6.45) is -5.19. The molecule has 0 radical (unpaired) electrons. The number of alkyl halides is 4. The number of halogens is 4. The molecule has 0 spiro atoms. The highest BCUT2D eigenvalue weighted by Crippen LogP contribution is 2.63. The van der Waals surface area contributed by atoms with Crippen LogP contribution in [0.2, 0.25) is 0 Å². The fourth-order valence-electron chi connectivity index (χ4n) is 3.56. The van der Waals surface area contributed by atoms with Crippen molar-refractivity contribution in [2.45, 2.75) is 22.3 Å². The van der Waals surface area contributed by atoms with E-state index in [2.05, 4.69) is 0 Å². The number of hydrogen-bond acceptors (Lipinski definition) is 1. The van der Waals surface area contributed by atoms with E-state index >= 15 is 4.39 Å². The molecular weight excluding hydrogens is 316 g/mol. The van der Waals surface area contributed by atoms with Gasteiger partial charge in [0, 0.05) is 0 Å². The van der Waals surface area contributed by atoms with Crippen LogP contribution >= 0.6 is 0 Å². The lowest BCUT2D eigenvalue weighted by molar-refractivity contribution is -0.201. The van der Waals surface area contributed by atoms with Crippen molar-refractivity contribution >= 4 is 10.8 Å². The summed E-state index contributed by atoms with van der Waals surface area (Å²) in [6.45, 7) is 0. The van der Waals surface area contributed by atoms with Gasteiger partial charge in [-0.25, -0.2) is 4.39 Å². The normalized spacial score (nSPS) is 32.5. The SMILES string of the molecule is O=S1C2c3ccccc3C(c3ccccc32)[C@]1(F)C(F)(F)F. The molecule has 6 heteroatoms. The molecule has 114 valence electrons. The zero-order valence-corrected chi connectivity index (χ0v) is 11.9. The van der Waals surface area contributed by atoms with Crippen LogP contribution in [0.1, 0.15) is 33.4 Å². The first-order chi connectivity index (χ1) is 10.4. The molecule has 2 aromatic rings. The first-order valence-electron chi connectivity index (χ1n) is 6.71. The van der Waals surface area contributed by atoms with Gasteiger partial charge in [-0.2, -0.15) is 13.2 Å². The van der Waals surface area contributed by atoms with Gasteiger partial charge in [0.15, 0.2) is 0 Å². The van der Waals surface area contributed by atoms with E-state index in [4.69, 9.17) is 0 Å². The fourth-order valence-corrected chi connectivity index (χ4v) is 5.50. The van der Waals surface area contributed by atoms with Gasteiger partial charge < -0.3 is 0 Å². The molecule has 0 N–H and O–H groups in total. The molecule has 2 aliphatic heterocycles. The molecule has 0 aromatic heterocycles. The summed E-state index contributed by atoms with van der Waals surface area (Å²) in [4.78, 5) is 0. The number of fused-ring (bicyclic) bond motifs is 1. The van der Waals surface area contributed by atoms with Crippen LogP contribution in [0.15, 0.2) is 48.5 Å². The Balaban J connectivity index is 2.11. The third-order valence-corrected chi connectivity index (χ3v) is 6.43. The van der Waals surface area contributed by atoms with Gasteiger partial charge in [0.2, 0.25) is 0 Å². The van der Waals surface area contributed by atoms with Crippen LogP contribution in [0.5, 0.6) is 0 Å². The van der Waals surface area contributed by atoms with E-state index in [1.54, 1.807) is 36.4 Å². The van der Waals surface area contributed by atoms with Crippen molar-refractivity contribution in [3.05, 3.63) is 70.8 Å². The highest BCUT2D eigenvalue weighted by Gasteiger charge is 2.72. The van der Waals surface area contributed by atoms with Crippen molar-refractivity contribution < 1.29 is 21.8 Å². The molecule has 2 atom stereocenters. The highest BCUT2D eigenvalue weighted by molar-refractivity contribution is 7.87. The zero-order valence-electron chi connectivity index (χ0n) is 11.1. The maximum Gasteiger partial charge on any atom is 0.435 e. The summed E-state index contributed by atoms with van der Waals surface area (Å²) >= 11 is 0. The molecule has 0 fully saturated rings. The smallest absolute Gasteiger partial charge is 0.255 e. The maximum absolute atomic E-state index is 15.1. The number of benzene rings is 2. The van der Waals surface area contributed by atoms with Gasteiger partial charge in [0.05, 0.1) is 22.0 Å². The standard InChI is InChI=1S/C16H10F4OS/c17-15(16(18,19)20)13-9-5-1-3-7-11(9)14(22(15)21)12-8-4-2-6-10(12)13/h1-8,13-14H/t13?,14?,15-,22?/m1/s1. The molecule has 22 heavy (non-hydrogen) atoms. The lowest BCUT2D eigenvalue weighted by Gasteiger charge is -2.48. The minimum Gasteiger partial charge on any atom is -0.255 e. The fraction of sp³-hybridized carbons (Fsp3) is 0.250. The zero-order chi connectivity index (χ0) is 15.7. The molecule has 0 amide bonds. The summed E-state index contributed by atoms with van der Waals surface area (Å²) in [6, 6.07) is 12.8. The average Bonchev–Trinajstić information content (AvgIpc) is 2.49. The predicted octanol–water partition coefficient (Wildman–Crippen LogP) is 4.21. The highest BCUT2D eigenvalue weighted by atomic mass is 32.2. The molecule has 0 saturated carbocycles. The summed E-state index contributed by atoms with van der Waals surface area (Å²) in [5, 5.41) is -4.83. The average molecular weight is 326 g/mol. The molecule has 1 aliphatic carbocycles. The minimum absolute atomic E-state index is 0.283. The Morgan fingerprint density at radius 3 is 1.68 bits per heavy atom. The lowest BCUT2D eigenvalue weighted by Crippen LogP contribution is -2.56. The quantitative estimate of drug-likeness (QED) is 0.663. The van der Waals surface area contributed by atoms with E-state index in [9.17, 15) is 17.4 Å². The van der Waals surface area contributed by atoms with Crippen molar-refractivity contribution in [3.63, 3.8) is 0 Å². The van der Waals surface area contributed by atoms with E-state index in [1.807, 2.05) is 0 Å². The molecule has 2 aromatic carbocycles. The van der Waals surface area contributed by atoms with Gasteiger partial charge in [0.25, 0.3) is 5.00 Å². The Morgan fingerprint density at radius 1 is 0.864 bits per heavy atom. The number of rotatable bonds is 0. The van der Waals surface area contributed by atoms with E-state index in [1.165, 1.54) is 12.1 Å². The monoisotopic (exact) mass is 326 g/mol. The Bertz CT molecular complexity index is 753. The van der Waals surface area contributed by atoms with Crippen molar-refractivity contribution in [1.29, 1.82) is 0 Å². The summed E-state index contributed by atoms with van der Waals surface area (Å²) in [5.41, 5.74) is 1.63. The summed E-state index contributed by atoms with van der Waals surface area (Å²) in [5.74, 6) is -1.58. The van der Waals surface area contributed by atoms with Gasteiger partial charge in [0.1, 0.15) is 0 Å². The Morgan fingerprint density at radius 2 is 1.27 bits per heavy atom. The molecule has 3 aliphatic rings. The Hall–Kier alpha value is -1.69. The van der Waals surface area contributed by atoms with Gasteiger partial charge >= 0.3 is 6.18 Å². The van der Waals surface area contributed by atoms with Crippen LogP contribution < -0.4 is 0 Å². The summed E-state index contributed by atoms with van der Waals surface area (Å²) in [7, 11) is -2.72. The van der Waals surface area contributed by atoms with E-state index in [0.29, 0.717) is 11.1 Å². The largest absolute Gasteiger partial charge is 0.435 e. The first-order valence-corrected chi connectivity index (χ1v) is 7.92. The van der Waals surface area contributed by atoms with Gasteiger partial charge in [-0.05, 0) is 22.3 Å². The van der Waals surface area contributed by atoms with Crippen molar-refractivity contribution in [2.24, 2.45) is 0 Å². The maximum atomic E-state index is 15.1. The molecular formula is C16H10F4OS. The van der Waals surface area contributed by atoms with Crippen LogP contribution in [-0.4, -0.2) is 15.4 Å². The third-order valence-electron chi connectivity index (χ3n) is 4.44. The van der Waals surface area contributed by atoms with Crippen molar-refractivity contribution in [3.8, 4) is 0 Å². The van der Waals surface area contributed by atoms with Crippen LogP contribution in [0.3, 0.4) is 0 Å².